The molecule has 2 aromatic heterocycles. The summed E-state index contributed by atoms with van der Waals surface area (Å²) in [4.78, 5) is 4.90. The van der Waals surface area contributed by atoms with Gasteiger partial charge in [-0.2, -0.15) is 0 Å². The van der Waals surface area contributed by atoms with Crippen LogP contribution in [-0.2, 0) is 0 Å². The summed E-state index contributed by atoms with van der Waals surface area (Å²) in [6.45, 7) is 0. The Morgan fingerprint density at radius 2 is 0.810 bits per heavy atom. The lowest BCUT2D eigenvalue weighted by molar-refractivity contribution is 1.72. The van der Waals surface area contributed by atoms with Gasteiger partial charge in [-0.1, -0.05) is 96.8 Å². The molecule has 0 unspecified atom stereocenters. The van der Waals surface area contributed by atoms with Crippen LogP contribution in [0.3, 0.4) is 0 Å². The van der Waals surface area contributed by atoms with E-state index in [1.165, 1.54) is 52.2 Å². The van der Waals surface area contributed by atoms with Crippen LogP contribution in [0.25, 0.3) is 73.7 Å². The zero-order valence-electron chi connectivity index (χ0n) is 22.5. The van der Waals surface area contributed by atoms with Crippen molar-refractivity contribution >= 4 is 65.8 Å². The second-order valence-electron chi connectivity index (χ2n) is 10.4. The fraction of sp³-hybridized carbons (Fsp3) is 0. The minimum absolute atomic E-state index is 0.958. The van der Waals surface area contributed by atoms with E-state index >= 15 is 0 Å². The number of terminal acetylenes is 2. The molecule has 6 aromatic carbocycles. The Kier molecular flexibility index (Phi) is 5.73. The van der Waals surface area contributed by atoms with Crippen LogP contribution < -0.4 is 0 Å². The zero-order chi connectivity index (χ0) is 28.2. The summed E-state index contributed by atoms with van der Waals surface area (Å²) in [6, 6.07) is 43.1. The molecular formula is C40H22S2. The first-order valence-electron chi connectivity index (χ1n) is 13.8. The smallest absolute Gasteiger partial charge is 0.0449 e. The van der Waals surface area contributed by atoms with Crippen molar-refractivity contribution in [2.45, 2.75) is 0 Å². The molecule has 8 rings (SSSR count). The molecule has 0 atom stereocenters. The zero-order valence-corrected chi connectivity index (χ0v) is 24.2. The van der Waals surface area contributed by atoms with E-state index in [9.17, 15) is 0 Å². The average molecular weight is 567 g/mol. The van der Waals surface area contributed by atoms with Crippen molar-refractivity contribution in [3.8, 4) is 55.3 Å². The Morgan fingerprint density at radius 3 is 1.26 bits per heavy atom. The Balaban J connectivity index is 1.25. The van der Waals surface area contributed by atoms with Crippen molar-refractivity contribution in [3.05, 3.63) is 132 Å². The van der Waals surface area contributed by atoms with Crippen LogP contribution in [0.4, 0.5) is 0 Å². The van der Waals surface area contributed by atoms with Gasteiger partial charge in [-0.15, -0.1) is 35.5 Å². The van der Waals surface area contributed by atoms with Gasteiger partial charge in [-0.25, -0.2) is 0 Å². The molecule has 42 heavy (non-hydrogen) atoms. The lowest BCUT2D eigenvalue weighted by Gasteiger charge is -2.11. The van der Waals surface area contributed by atoms with Gasteiger partial charge in [-0.05, 0) is 68.7 Å². The SMILES string of the molecule is C#Cc1c2ccccc2cc2cccc(-c3ccc(-c4ccc(-c5cccc6cc7ccccc7c(C#C)c56)s4)s3)c12. The monoisotopic (exact) mass is 566 g/mol. The van der Waals surface area contributed by atoms with Crippen molar-refractivity contribution in [3.63, 3.8) is 0 Å². The van der Waals surface area contributed by atoms with Crippen molar-refractivity contribution in [2.75, 3.05) is 0 Å². The summed E-state index contributed by atoms with van der Waals surface area (Å²) in [7, 11) is 0. The van der Waals surface area contributed by atoms with Crippen LogP contribution in [0.1, 0.15) is 11.1 Å². The summed E-state index contributed by atoms with van der Waals surface area (Å²) in [5, 5.41) is 9.20. The van der Waals surface area contributed by atoms with Gasteiger partial charge >= 0.3 is 0 Å². The first-order valence-corrected chi connectivity index (χ1v) is 15.4. The van der Waals surface area contributed by atoms with Crippen LogP contribution in [0.15, 0.2) is 121 Å². The molecule has 0 N–H and O–H groups in total. The average Bonchev–Trinajstić information content (AvgIpc) is 3.72. The number of hydrogen-bond acceptors (Lipinski definition) is 2. The molecule has 0 aliphatic rings. The molecule has 0 spiro atoms. The van der Waals surface area contributed by atoms with Gasteiger partial charge in [0.05, 0.1) is 0 Å². The van der Waals surface area contributed by atoms with Crippen molar-refractivity contribution in [2.24, 2.45) is 0 Å². The lowest BCUT2D eigenvalue weighted by atomic mass is 9.93. The van der Waals surface area contributed by atoms with Crippen LogP contribution in [0.2, 0.25) is 0 Å². The van der Waals surface area contributed by atoms with Gasteiger partial charge in [0.1, 0.15) is 0 Å². The molecule has 0 bridgehead atoms. The highest BCUT2D eigenvalue weighted by Crippen LogP contribution is 2.45. The van der Waals surface area contributed by atoms with Crippen LogP contribution in [-0.4, -0.2) is 0 Å². The van der Waals surface area contributed by atoms with Gasteiger partial charge in [0.15, 0.2) is 0 Å². The van der Waals surface area contributed by atoms with E-state index in [1.807, 2.05) is 22.7 Å². The standard InChI is InChI=1S/C40H22S2/c1-3-29-31-15-7-5-11-25(31)23-27-13-9-17-33(39(27)29)35-19-21-37(41-35)38-22-20-36(42-38)34-18-10-14-28-24-26-12-6-8-16-32(26)30(4-2)40(28)34/h1-2,5-24H. The summed E-state index contributed by atoms with van der Waals surface area (Å²) in [5.41, 5.74) is 4.28. The van der Waals surface area contributed by atoms with E-state index < -0.39 is 0 Å². The summed E-state index contributed by atoms with van der Waals surface area (Å²) >= 11 is 3.62. The van der Waals surface area contributed by atoms with E-state index in [0.29, 0.717) is 0 Å². The third-order valence-corrected chi connectivity index (χ3v) is 10.5. The molecule has 2 heterocycles. The third kappa shape index (κ3) is 3.78. The molecule has 2 heteroatoms. The minimum Gasteiger partial charge on any atom is -0.134 e. The normalized spacial score (nSPS) is 11.3. The maximum atomic E-state index is 6.12. The van der Waals surface area contributed by atoms with Gasteiger partial charge in [0.2, 0.25) is 0 Å². The molecule has 194 valence electrons. The first-order chi connectivity index (χ1) is 20.7. The number of fused-ring (bicyclic) bond motifs is 4. The minimum atomic E-state index is 0.958. The van der Waals surface area contributed by atoms with Crippen LogP contribution in [0, 0.1) is 24.7 Å². The van der Waals surface area contributed by atoms with Gasteiger partial charge < -0.3 is 0 Å². The van der Waals surface area contributed by atoms with Gasteiger partial charge in [-0.3, -0.25) is 0 Å². The first kappa shape index (κ1) is 24.7. The van der Waals surface area contributed by atoms with E-state index in [-0.39, 0.29) is 0 Å². The van der Waals surface area contributed by atoms with Crippen LogP contribution in [0.5, 0.6) is 0 Å². The number of thiophene rings is 2. The highest BCUT2D eigenvalue weighted by molar-refractivity contribution is 7.25. The van der Waals surface area contributed by atoms with Crippen molar-refractivity contribution in [1.29, 1.82) is 0 Å². The maximum absolute atomic E-state index is 6.12. The molecular weight excluding hydrogens is 545 g/mol. The molecule has 0 fully saturated rings. The largest absolute Gasteiger partial charge is 0.134 e. The Hall–Kier alpha value is -5.12. The Morgan fingerprint density at radius 1 is 0.405 bits per heavy atom. The highest BCUT2D eigenvalue weighted by Gasteiger charge is 2.16. The van der Waals surface area contributed by atoms with Gasteiger partial charge in [0.25, 0.3) is 0 Å². The summed E-state index contributed by atoms with van der Waals surface area (Å²) in [5.74, 6) is 6.02. The number of hydrogen-bond donors (Lipinski definition) is 0. The second-order valence-corrected chi connectivity index (χ2v) is 12.5. The topological polar surface area (TPSA) is 0 Å². The Labute approximate surface area is 252 Å². The molecule has 8 aromatic rings. The highest BCUT2D eigenvalue weighted by atomic mass is 32.1. The molecule has 0 saturated heterocycles. The van der Waals surface area contributed by atoms with E-state index in [2.05, 4.69) is 133 Å². The fourth-order valence-electron chi connectivity index (χ4n) is 6.19. The quantitative estimate of drug-likeness (QED) is 0.147. The second kappa shape index (κ2) is 9.76. The van der Waals surface area contributed by atoms with Gasteiger partial charge in [0, 0.05) is 52.5 Å². The molecule has 0 saturated carbocycles. The summed E-state index contributed by atoms with van der Waals surface area (Å²) in [6.07, 6.45) is 12.2. The maximum Gasteiger partial charge on any atom is 0.0449 e. The molecule has 0 nitrogen and oxygen atoms in total. The van der Waals surface area contributed by atoms with E-state index in [4.69, 9.17) is 12.8 Å². The predicted octanol–water partition coefficient (Wildman–Crippen LogP) is 11.4. The van der Waals surface area contributed by atoms with Crippen LogP contribution >= 0.6 is 22.7 Å². The lowest BCUT2D eigenvalue weighted by Crippen LogP contribution is -1.87. The van der Waals surface area contributed by atoms with Crippen molar-refractivity contribution < 1.29 is 0 Å². The molecule has 0 amide bonds. The van der Waals surface area contributed by atoms with E-state index in [0.717, 1.165) is 32.7 Å². The number of benzene rings is 6. The fourth-order valence-corrected chi connectivity index (χ4v) is 8.35. The Bertz CT molecular complexity index is 2260. The molecule has 0 aliphatic carbocycles. The third-order valence-electron chi connectivity index (χ3n) is 8.05. The molecule has 0 aliphatic heterocycles. The predicted molar refractivity (Wildman–Crippen MR) is 184 cm³/mol. The number of rotatable bonds is 3. The summed E-state index contributed by atoms with van der Waals surface area (Å²) < 4.78 is 0. The molecule has 0 radical (unpaired) electrons. The van der Waals surface area contributed by atoms with Crippen molar-refractivity contribution in [1.82, 2.24) is 0 Å². The van der Waals surface area contributed by atoms with E-state index in [1.54, 1.807) is 0 Å².